The van der Waals surface area contributed by atoms with Crippen molar-refractivity contribution in [1.82, 2.24) is 9.78 Å². The van der Waals surface area contributed by atoms with E-state index in [1.54, 1.807) is 22.9 Å². The summed E-state index contributed by atoms with van der Waals surface area (Å²) in [5, 5.41) is 35.3. The molecule has 9 nitrogen and oxygen atoms in total. The molecular weight excluding hydrogens is 609 g/mol. The molecular formula is C35H36FN3O6S. The summed E-state index contributed by atoms with van der Waals surface area (Å²) in [6.45, 7) is 3.79. The lowest BCUT2D eigenvalue weighted by molar-refractivity contribution is -0.175. The van der Waals surface area contributed by atoms with Gasteiger partial charge in [0.2, 0.25) is 10.9 Å². The SMILES string of the molecule is CC12Cc3cnn(-c4ccc(F)c(CO)c4)c3C=C1CC[C@@H]1[C@@H]2[C@@H](O)C[C@@]2(C)[C@H]1CC[C@]2(OC(=O)c1ccco1)C(=O)SCC#N. The second-order valence-corrected chi connectivity index (χ2v) is 14.6. The second kappa shape index (κ2) is 11.2. The summed E-state index contributed by atoms with van der Waals surface area (Å²) in [6.07, 6.45) is 8.12. The topological polar surface area (TPSA) is 139 Å². The molecule has 0 amide bonds. The largest absolute Gasteiger partial charge is 0.457 e. The van der Waals surface area contributed by atoms with Crippen molar-refractivity contribution in [1.29, 1.82) is 5.26 Å². The maximum Gasteiger partial charge on any atom is 0.375 e. The maximum atomic E-state index is 14.1. The Hall–Kier alpha value is -3.72. The molecule has 3 saturated carbocycles. The number of nitriles is 1. The third-order valence-electron chi connectivity index (χ3n) is 11.6. The third kappa shape index (κ3) is 4.44. The van der Waals surface area contributed by atoms with Crippen molar-refractivity contribution in [3.63, 3.8) is 0 Å². The van der Waals surface area contributed by atoms with E-state index in [9.17, 15) is 29.5 Å². The first-order valence-electron chi connectivity index (χ1n) is 15.7. The molecule has 4 aliphatic carbocycles. The van der Waals surface area contributed by atoms with Crippen molar-refractivity contribution in [2.45, 2.75) is 70.7 Å². The molecule has 0 spiro atoms. The van der Waals surface area contributed by atoms with Gasteiger partial charge >= 0.3 is 5.97 Å². The first kappa shape index (κ1) is 30.9. The number of carbonyl (C=O) groups is 2. The Bertz CT molecular complexity index is 1780. The highest BCUT2D eigenvalue weighted by atomic mass is 32.2. The number of hydrogen-bond donors (Lipinski definition) is 2. The van der Waals surface area contributed by atoms with Gasteiger partial charge in [0.1, 0.15) is 5.82 Å². The molecule has 11 heteroatoms. The highest BCUT2D eigenvalue weighted by Crippen LogP contribution is 2.69. The van der Waals surface area contributed by atoms with Gasteiger partial charge in [-0.25, -0.2) is 13.9 Å². The van der Waals surface area contributed by atoms with E-state index in [2.05, 4.69) is 18.1 Å². The first-order chi connectivity index (χ1) is 22.1. The van der Waals surface area contributed by atoms with Gasteiger partial charge in [-0.1, -0.05) is 31.2 Å². The molecule has 0 saturated heterocycles. The Labute approximate surface area is 270 Å². The number of nitrogens with zero attached hydrogens (tertiary/aromatic N) is 3. The van der Waals surface area contributed by atoms with Crippen LogP contribution in [0, 0.1) is 45.7 Å². The van der Waals surface area contributed by atoms with Crippen molar-refractivity contribution in [3.8, 4) is 11.8 Å². The number of thioether (sulfide) groups is 1. The van der Waals surface area contributed by atoms with Gasteiger partial charge in [0.15, 0.2) is 5.60 Å². The number of aliphatic hydroxyl groups excluding tert-OH is 2. The second-order valence-electron chi connectivity index (χ2n) is 13.7. The van der Waals surface area contributed by atoms with E-state index in [0.717, 1.165) is 35.9 Å². The van der Waals surface area contributed by atoms with Crippen LogP contribution in [0.25, 0.3) is 11.8 Å². The number of aromatic nitrogens is 2. The first-order valence-corrected chi connectivity index (χ1v) is 16.7. The van der Waals surface area contributed by atoms with Crippen molar-refractivity contribution < 1.29 is 33.3 Å². The number of halogens is 1. The lowest BCUT2D eigenvalue weighted by Crippen LogP contribution is -2.62. The number of ether oxygens (including phenoxy) is 1. The smallest absolute Gasteiger partial charge is 0.375 e. The van der Waals surface area contributed by atoms with Crippen molar-refractivity contribution in [2.24, 2.45) is 28.6 Å². The van der Waals surface area contributed by atoms with Crippen LogP contribution in [0.1, 0.15) is 73.3 Å². The van der Waals surface area contributed by atoms with Gasteiger partial charge < -0.3 is 19.4 Å². The van der Waals surface area contributed by atoms with Crippen LogP contribution in [0.3, 0.4) is 0 Å². The predicted molar refractivity (Wildman–Crippen MR) is 167 cm³/mol. The third-order valence-corrected chi connectivity index (χ3v) is 12.4. The van der Waals surface area contributed by atoms with Gasteiger partial charge in [-0.15, -0.1) is 0 Å². The Morgan fingerprint density at radius 2 is 2.11 bits per heavy atom. The van der Waals surface area contributed by atoms with Crippen LogP contribution in [0.2, 0.25) is 0 Å². The fourth-order valence-corrected chi connectivity index (χ4v) is 10.4. The molecule has 46 heavy (non-hydrogen) atoms. The van der Waals surface area contributed by atoms with E-state index in [1.807, 2.05) is 19.2 Å². The van der Waals surface area contributed by atoms with Gasteiger partial charge in [0.05, 0.1) is 48.4 Å². The fraction of sp³-hybridized carbons (Fsp3) is 0.486. The van der Waals surface area contributed by atoms with Gasteiger partial charge in [-0.05, 0) is 104 Å². The van der Waals surface area contributed by atoms with Crippen LogP contribution in [0.15, 0.2) is 52.8 Å². The minimum atomic E-state index is -1.50. The normalized spacial score (nSPS) is 32.7. The molecule has 7 rings (SSSR count). The number of aliphatic hydroxyl groups is 2. The summed E-state index contributed by atoms with van der Waals surface area (Å²) in [5.41, 5.74) is 1.33. The average molecular weight is 646 g/mol. The summed E-state index contributed by atoms with van der Waals surface area (Å²) in [7, 11) is 0. The number of fused-ring (bicyclic) bond motifs is 6. The predicted octanol–water partition coefficient (Wildman–Crippen LogP) is 5.63. The monoisotopic (exact) mass is 645 g/mol. The average Bonchev–Trinajstić information content (AvgIpc) is 3.77. The summed E-state index contributed by atoms with van der Waals surface area (Å²) in [6, 6.07) is 9.70. The summed E-state index contributed by atoms with van der Waals surface area (Å²) in [4.78, 5) is 27.2. The van der Waals surface area contributed by atoms with E-state index in [4.69, 9.17) is 9.15 Å². The lowest BCUT2D eigenvalue weighted by Gasteiger charge is -2.60. The minimum absolute atomic E-state index is 0.00507. The zero-order chi connectivity index (χ0) is 32.4. The Balaban J connectivity index is 1.22. The van der Waals surface area contributed by atoms with Crippen molar-refractivity contribution in [2.75, 3.05) is 5.75 Å². The van der Waals surface area contributed by atoms with Gasteiger partial charge in [0, 0.05) is 11.0 Å². The quantitative estimate of drug-likeness (QED) is 0.327. The molecule has 2 N–H and O–H groups in total. The summed E-state index contributed by atoms with van der Waals surface area (Å²) in [5.74, 6) is -1.25. The molecule has 7 atom stereocenters. The Morgan fingerprint density at radius 1 is 1.28 bits per heavy atom. The van der Waals surface area contributed by atoms with E-state index < -0.39 is 35.5 Å². The number of allylic oxidation sites excluding steroid dienone is 1. The van der Waals surface area contributed by atoms with E-state index >= 15 is 0 Å². The molecule has 4 aliphatic rings. The molecule has 1 unspecified atom stereocenters. The van der Waals surface area contributed by atoms with Crippen LogP contribution < -0.4 is 0 Å². The number of furan rings is 1. The van der Waals surface area contributed by atoms with Crippen LogP contribution in [0.4, 0.5) is 4.39 Å². The fourth-order valence-electron chi connectivity index (χ4n) is 9.55. The van der Waals surface area contributed by atoms with Crippen molar-refractivity contribution >= 4 is 28.9 Å². The van der Waals surface area contributed by atoms with Gasteiger partial charge in [-0.2, -0.15) is 10.4 Å². The van der Waals surface area contributed by atoms with E-state index in [0.29, 0.717) is 24.9 Å². The molecule has 0 radical (unpaired) electrons. The van der Waals surface area contributed by atoms with Crippen LogP contribution >= 0.6 is 11.8 Å². The van der Waals surface area contributed by atoms with Gasteiger partial charge in [-0.3, -0.25) is 4.79 Å². The zero-order valence-corrected chi connectivity index (χ0v) is 26.6. The Morgan fingerprint density at radius 3 is 2.85 bits per heavy atom. The highest BCUT2D eigenvalue weighted by molar-refractivity contribution is 8.14. The van der Waals surface area contributed by atoms with Crippen LogP contribution in [-0.4, -0.2) is 48.5 Å². The minimum Gasteiger partial charge on any atom is -0.457 e. The maximum absolute atomic E-state index is 14.1. The zero-order valence-electron chi connectivity index (χ0n) is 25.7. The van der Waals surface area contributed by atoms with E-state index in [1.165, 1.54) is 24.0 Å². The number of rotatable bonds is 6. The van der Waals surface area contributed by atoms with Gasteiger partial charge in [0.25, 0.3) is 0 Å². The molecule has 1 aromatic carbocycles. The summed E-state index contributed by atoms with van der Waals surface area (Å²) < 4.78 is 27.4. The number of carbonyl (C=O) groups excluding carboxylic acids is 2. The number of benzene rings is 1. The molecule has 3 fully saturated rings. The number of hydrogen-bond acceptors (Lipinski definition) is 9. The van der Waals surface area contributed by atoms with Crippen molar-refractivity contribution in [3.05, 3.63) is 76.8 Å². The molecule has 0 bridgehead atoms. The number of esters is 1. The molecule has 240 valence electrons. The molecule has 2 aromatic heterocycles. The lowest BCUT2D eigenvalue weighted by atomic mass is 9.45. The highest BCUT2D eigenvalue weighted by Gasteiger charge is 2.70. The summed E-state index contributed by atoms with van der Waals surface area (Å²) >= 11 is 0.867. The molecule has 0 aliphatic heterocycles. The van der Waals surface area contributed by atoms with Crippen LogP contribution in [0.5, 0.6) is 0 Å². The standard InChI is InChI=1S/C35H36FN3O6S/c1-33-16-21-18-38-39(23-6-8-26(36)20(14-23)19-40)27(21)15-22(33)5-7-24-25-9-10-35(32(43)46-13-11-37,34(25,2)17-28(41)30(24)33)45-31(42)29-4-3-12-44-29/h3-4,6,8,12,14-15,18,24-25,28,30,40-41H,5,7,9-10,13,16-17,19H2,1-2H3/t24-,25-,28-,30+,33?,34-,35-/m0/s1. The molecule has 2 heterocycles. The van der Waals surface area contributed by atoms with Crippen LogP contribution in [-0.2, 0) is 22.6 Å². The Kier molecular flexibility index (Phi) is 7.54. The van der Waals surface area contributed by atoms with E-state index in [-0.39, 0.29) is 51.8 Å². The molecule has 3 aromatic rings.